The Morgan fingerprint density at radius 2 is 1.57 bits per heavy atom. The number of carbonyl (C=O) groups excluding carboxylic acids is 1. The van der Waals surface area contributed by atoms with Gasteiger partial charge in [0.05, 0.1) is 0 Å². The Hall–Kier alpha value is -2.81. The number of nitrogens with one attached hydrogen (secondary N) is 1. The summed E-state index contributed by atoms with van der Waals surface area (Å²) < 4.78 is 5.68. The molecule has 3 rings (SSSR count). The molecule has 0 saturated heterocycles. The summed E-state index contributed by atoms with van der Waals surface area (Å²) in [5.74, 6) is 0.622. The number of rotatable bonds is 4. The van der Waals surface area contributed by atoms with Crippen LogP contribution in [0, 0.1) is 0 Å². The molecular formula is C18H15NO2. The van der Waals surface area contributed by atoms with Gasteiger partial charge in [0.2, 0.25) is 0 Å². The first-order valence-electron chi connectivity index (χ1n) is 6.78. The van der Waals surface area contributed by atoms with Crippen molar-refractivity contribution in [2.75, 3.05) is 6.73 Å². The minimum Gasteiger partial charge on any atom is -0.473 e. The van der Waals surface area contributed by atoms with Crippen LogP contribution in [0.15, 0.2) is 72.8 Å². The molecule has 0 aromatic heterocycles. The number of ether oxygens (including phenoxy) is 1. The van der Waals surface area contributed by atoms with Crippen molar-refractivity contribution in [2.45, 2.75) is 0 Å². The lowest BCUT2D eigenvalue weighted by atomic mass is 10.1. The molecule has 3 heteroatoms. The molecule has 3 aromatic rings. The molecule has 3 nitrogen and oxygen atoms in total. The van der Waals surface area contributed by atoms with E-state index in [0.717, 1.165) is 16.5 Å². The van der Waals surface area contributed by atoms with Gasteiger partial charge >= 0.3 is 0 Å². The summed E-state index contributed by atoms with van der Waals surface area (Å²) in [4.78, 5) is 11.9. The lowest BCUT2D eigenvalue weighted by Gasteiger charge is -2.10. The van der Waals surface area contributed by atoms with Crippen LogP contribution in [0.1, 0.15) is 10.4 Å². The van der Waals surface area contributed by atoms with Crippen LogP contribution in [0.25, 0.3) is 10.8 Å². The zero-order valence-electron chi connectivity index (χ0n) is 11.5. The molecule has 0 spiro atoms. The number of amides is 1. The molecule has 0 aliphatic carbocycles. The maximum atomic E-state index is 11.9. The molecule has 0 bridgehead atoms. The molecule has 1 amide bonds. The van der Waals surface area contributed by atoms with Crippen molar-refractivity contribution in [1.29, 1.82) is 0 Å². The first kappa shape index (κ1) is 13.2. The van der Waals surface area contributed by atoms with E-state index >= 15 is 0 Å². The third kappa shape index (κ3) is 3.03. The van der Waals surface area contributed by atoms with Crippen molar-refractivity contribution in [2.24, 2.45) is 0 Å². The van der Waals surface area contributed by atoms with Gasteiger partial charge in [0, 0.05) is 10.9 Å². The molecular weight excluding hydrogens is 262 g/mol. The monoisotopic (exact) mass is 277 g/mol. The Morgan fingerprint density at radius 1 is 0.857 bits per heavy atom. The van der Waals surface area contributed by atoms with E-state index in [1.165, 1.54) is 0 Å². The molecule has 0 atom stereocenters. The fourth-order valence-corrected chi connectivity index (χ4v) is 2.19. The van der Waals surface area contributed by atoms with Crippen LogP contribution >= 0.6 is 0 Å². The molecule has 3 aromatic carbocycles. The highest BCUT2D eigenvalue weighted by Crippen LogP contribution is 2.24. The molecule has 0 aliphatic heterocycles. The highest BCUT2D eigenvalue weighted by molar-refractivity contribution is 5.94. The number of hydrogen-bond donors (Lipinski definition) is 1. The normalized spacial score (nSPS) is 10.3. The van der Waals surface area contributed by atoms with Crippen LogP contribution in [-0.4, -0.2) is 12.6 Å². The zero-order valence-corrected chi connectivity index (χ0v) is 11.5. The first-order valence-corrected chi connectivity index (χ1v) is 6.78. The van der Waals surface area contributed by atoms with E-state index in [2.05, 4.69) is 5.32 Å². The molecule has 0 fully saturated rings. The van der Waals surface area contributed by atoms with Gasteiger partial charge < -0.3 is 10.1 Å². The van der Waals surface area contributed by atoms with E-state index in [9.17, 15) is 4.79 Å². The predicted molar refractivity (Wildman–Crippen MR) is 83.4 cm³/mol. The van der Waals surface area contributed by atoms with E-state index in [1.54, 1.807) is 12.1 Å². The quantitative estimate of drug-likeness (QED) is 0.740. The van der Waals surface area contributed by atoms with Crippen molar-refractivity contribution in [1.82, 2.24) is 5.32 Å². The average Bonchev–Trinajstić information content (AvgIpc) is 2.56. The Bertz CT molecular complexity index is 748. The first-order chi connectivity index (χ1) is 10.3. The van der Waals surface area contributed by atoms with Crippen molar-refractivity contribution in [3.8, 4) is 5.75 Å². The van der Waals surface area contributed by atoms with Gasteiger partial charge in [0.25, 0.3) is 5.91 Å². The van der Waals surface area contributed by atoms with Gasteiger partial charge in [-0.1, -0.05) is 54.6 Å². The maximum Gasteiger partial charge on any atom is 0.253 e. The number of benzene rings is 3. The number of hydrogen-bond acceptors (Lipinski definition) is 2. The third-order valence-corrected chi connectivity index (χ3v) is 3.25. The van der Waals surface area contributed by atoms with Crippen molar-refractivity contribution in [3.63, 3.8) is 0 Å². The molecule has 0 radical (unpaired) electrons. The van der Waals surface area contributed by atoms with Crippen LogP contribution < -0.4 is 10.1 Å². The van der Waals surface area contributed by atoms with Crippen LogP contribution in [-0.2, 0) is 0 Å². The van der Waals surface area contributed by atoms with Gasteiger partial charge in [0.15, 0.2) is 6.73 Å². The van der Waals surface area contributed by atoms with Crippen molar-refractivity contribution >= 4 is 16.7 Å². The summed E-state index contributed by atoms with van der Waals surface area (Å²) in [7, 11) is 0. The van der Waals surface area contributed by atoms with Crippen LogP contribution in [0.2, 0.25) is 0 Å². The third-order valence-electron chi connectivity index (χ3n) is 3.25. The molecule has 0 unspecified atom stereocenters. The molecule has 0 aliphatic rings. The highest BCUT2D eigenvalue weighted by Gasteiger charge is 2.05. The Balaban J connectivity index is 1.66. The molecule has 0 heterocycles. The highest BCUT2D eigenvalue weighted by atomic mass is 16.5. The molecule has 21 heavy (non-hydrogen) atoms. The topological polar surface area (TPSA) is 38.3 Å². The van der Waals surface area contributed by atoms with Crippen LogP contribution in [0.3, 0.4) is 0 Å². The zero-order chi connectivity index (χ0) is 14.5. The lowest BCUT2D eigenvalue weighted by Crippen LogP contribution is -2.27. The lowest BCUT2D eigenvalue weighted by molar-refractivity contribution is 0.0919. The minimum atomic E-state index is -0.143. The smallest absolute Gasteiger partial charge is 0.253 e. The Labute approximate surface area is 123 Å². The van der Waals surface area contributed by atoms with Gasteiger partial charge in [-0.15, -0.1) is 0 Å². The second kappa shape index (κ2) is 6.09. The van der Waals surface area contributed by atoms with Crippen LogP contribution in [0.4, 0.5) is 0 Å². The largest absolute Gasteiger partial charge is 0.473 e. The van der Waals surface area contributed by atoms with Gasteiger partial charge in [-0.3, -0.25) is 4.79 Å². The van der Waals surface area contributed by atoms with E-state index in [0.29, 0.717) is 5.56 Å². The SMILES string of the molecule is O=C(NCOc1cccc2ccccc12)c1ccccc1. The summed E-state index contributed by atoms with van der Waals surface area (Å²) in [6, 6.07) is 23.0. The van der Waals surface area contributed by atoms with E-state index in [4.69, 9.17) is 4.74 Å². The summed E-state index contributed by atoms with van der Waals surface area (Å²) >= 11 is 0. The summed E-state index contributed by atoms with van der Waals surface area (Å²) in [5.41, 5.74) is 0.624. The van der Waals surface area contributed by atoms with Crippen LogP contribution in [0.5, 0.6) is 5.75 Å². The van der Waals surface area contributed by atoms with Crippen molar-refractivity contribution < 1.29 is 9.53 Å². The second-order valence-corrected chi connectivity index (χ2v) is 4.64. The Morgan fingerprint density at radius 3 is 2.43 bits per heavy atom. The van der Waals surface area contributed by atoms with Gasteiger partial charge in [-0.25, -0.2) is 0 Å². The summed E-state index contributed by atoms with van der Waals surface area (Å²) in [6.45, 7) is 0.141. The standard InChI is InChI=1S/C18H15NO2/c20-18(15-8-2-1-3-9-15)19-13-21-17-12-6-10-14-7-4-5-11-16(14)17/h1-12H,13H2,(H,19,20). The summed E-state index contributed by atoms with van der Waals surface area (Å²) in [5, 5.41) is 4.90. The average molecular weight is 277 g/mol. The van der Waals surface area contributed by atoms with Gasteiger partial charge in [-0.05, 0) is 23.6 Å². The van der Waals surface area contributed by atoms with Crippen molar-refractivity contribution in [3.05, 3.63) is 78.4 Å². The fourth-order valence-electron chi connectivity index (χ4n) is 2.19. The molecule has 0 saturated carbocycles. The van der Waals surface area contributed by atoms with E-state index in [-0.39, 0.29) is 12.6 Å². The number of carbonyl (C=O) groups is 1. The second-order valence-electron chi connectivity index (χ2n) is 4.64. The van der Waals surface area contributed by atoms with Gasteiger partial charge in [-0.2, -0.15) is 0 Å². The van der Waals surface area contributed by atoms with E-state index < -0.39 is 0 Å². The fraction of sp³-hybridized carbons (Fsp3) is 0.0556. The predicted octanol–water partition coefficient (Wildman–Crippen LogP) is 3.61. The van der Waals surface area contributed by atoms with E-state index in [1.807, 2.05) is 60.7 Å². The molecule has 1 N–H and O–H groups in total. The number of fused-ring (bicyclic) bond motifs is 1. The summed E-state index contributed by atoms with van der Waals surface area (Å²) in [6.07, 6.45) is 0. The molecule has 104 valence electrons. The minimum absolute atomic E-state index is 0.141. The van der Waals surface area contributed by atoms with Gasteiger partial charge in [0.1, 0.15) is 5.75 Å². The Kier molecular flexibility index (Phi) is 3.83. The maximum absolute atomic E-state index is 11.9.